The van der Waals surface area contributed by atoms with E-state index in [0.29, 0.717) is 6.54 Å². The van der Waals surface area contributed by atoms with Crippen LogP contribution in [0.25, 0.3) is 0 Å². The maximum atomic E-state index is 11.8. The van der Waals surface area contributed by atoms with E-state index in [1.807, 2.05) is 55.5 Å². The van der Waals surface area contributed by atoms with Gasteiger partial charge in [0.2, 0.25) is 0 Å². The van der Waals surface area contributed by atoms with Gasteiger partial charge in [0.15, 0.2) is 0 Å². The molecule has 0 spiro atoms. The van der Waals surface area contributed by atoms with Gasteiger partial charge in [-0.2, -0.15) is 0 Å². The minimum absolute atomic E-state index is 0.236. The zero-order chi connectivity index (χ0) is 14.4. The Balaban J connectivity index is 1.95. The lowest BCUT2D eigenvalue weighted by molar-refractivity contribution is 0.251. The maximum absolute atomic E-state index is 11.8. The van der Waals surface area contributed by atoms with E-state index >= 15 is 0 Å². The minimum atomic E-state index is -0.236. The molecule has 4 heteroatoms. The van der Waals surface area contributed by atoms with Crippen LogP contribution in [-0.4, -0.2) is 13.1 Å². The van der Waals surface area contributed by atoms with E-state index in [1.54, 1.807) is 7.11 Å². The Morgan fingerprint density at radius 3 is 2.60 bits per heavy atom. The number of carbonyl (C=O) groups is 1. The number of para-hydroxylation sites is 1. The molecular weight excluding hydrogens is 252 g/mol. The van der Waals surface area contributed by atoms with E-state index < -0.39 is 0 Å². The summed E-state index contributed by atoms with van der Waals surface area (Å²) in [6.45, 7) is 2.43. The first kappa shape index (κ1) is 13.9. The van der Waals surface area contributed by atoms with Crippen LogP contribution in [0, 0.1) is 6.92 Å². The predicted octanol–water partition coefficient (Wildman–Crippen LogP) is 3.33. The first-order valence-corrected chi connectivity index (χ1v) is 6.42. The fraction of sp³-hybridized carbons (Fsp3) is 0.188. The Bertz CT molecular complexity index is 582. The molecule has 0 aliphatic rings. The zero-order valence-corrected chi connectivity index (χ0v) is 11.6. The molecule has 104 valence electrons. The van der Waals surface area contributed by atoms with Crippen LogP contribution in [0.5, 0.6) is 5.75 Å². The summed E-state index contributed by atoms with van der Waals surface area (Å²) in [5.41, 5.74) is 2.85. The van der Waals surface area contributed by atoms with Gasteiger partial charge in [-0.1, -0.05) is 35.9 Å². The van der Waals surface area contributed by atoms with Gasteiger partial charge in [-0.3, -0.25) is 0 Å². The fourth-order valence-electron chi connectivity index (χ4n) is 1.92. The third kappa shape index (κ3) is 3.75. The Kier molecular flexibility index (Phi) is 4.60. The molecule has 20 heavy (non-hydrogen) atoms. The van der Waals surface area contributed by atoms with Crippen molar-refractivity contribution in [1.82, 2.24) is 5.32 Å². The van der Waals surface area contributed by atoms with Crippen LogP contribution >= 0.6 is 0 Å². The molecule has 0 aromatic heterocycles. The minimum Gasteiger partial charge on any atom is -0.496 e. The second-order valence-corrected chi connectivity index (χ2v) is 4.49. The van der Waals surface area contributed by atoms with Crippen molar-refractivity contribution in [2.75, 3.05) is 12.4 Å². The van der Waals surface area contributed by atoms with Crippen LogP contribution in [0.4, 0.5) is 10.5 Å². The van der Waals surface area contributed by atoms with Gasteiger partial charge in [0.25, 0.3) is 0 Å². The number of benzene rings is 2. The molecule has 2 aromatic rings. The second-order valence-electron chi connectivity index (χ2n) is 4.49. The third-order valence-corrected chi connectivity index (χ3v) is 2.91. The normalized spacial score (nSPS) is 9.90. The number of aryl methyl sites for hydroxylation is 1. The van der Waals surface area contributed by atoms with Gasteiger partial charge >= 0.3 is 6.03 Å². The lowest BCUT2D eigenvalue weighted by Gasteiger charge is -2.11. The summed E-state index contributed by atoms with van der Waals surface area (Å²) in [7, 11) is 1.62. The Morgan fingerprint density at radius 2 is 1.90 bits per heavy atom. The van der Waals surface area contributed by atoms with Crippen LogP contribution in [0.15, 0.2) is 48.5 Å². The lowest BCUT2D eigenvalue weighted by atomic mass is 10.1. The molecule has 2 N–H and O–H groups in total. The molecule has 2 aromatic carbocycles. The van der Waals surface area contributed by atoms with Crippen molar-refractivity contribution in [2.45, 2.75) is 13.5 Å². The quantitative estimate of drug-likeness (QED) is 0.895. The van der Waals surface area contributed by atoms with Gasteiger partial charge in [-0.05, 0) is 25.1 Å². The SMILES string of the molecule is COc1ccc(C)cc1CNC(=O)Nc1ccccc1. The standard InChI is InChI=1S/C16H18N2O2/c1-12-8-9-15(20-2)13(10-12)11-17-16(19)18-14-6-4-3-5-7-14/h3-10H,11H2,1-2H3,(H2,17,18,19). The number of nitrogens with one attached hydrogen (secondary N) is 2. The molecule has 0 radical (unpaired) electrons. The number of rotatable bonds is 4. The highest BCUT2D eigenvalue weighted by atomic mass is 16.5. The number of carbonyl (C=O) groups excluding carboxylic acids is 1. The first-order chi connectivity index (χ1) is 9.69. The highest BCUT2D eigenvalue weighted by molar-refractivity contribution is 5.89. The van der Waals surface area contributed by atoms with Gasteiger partial charge in [0.1, 0.15) is 5.75 Å². The summed E-state index contributed by atoms with van der Waals surface area (Å²) in [5, 5.41) is 5.59. The summed E-state index contributed by atoms with van der Waals surface area (Å²) in [5.74, 6) is 0.774. The molecule has 0 aliphatic carbocycles. The Morgan fingerprint density at radius 1 is 1.15 bits per heavy atom. The van der Waals surface area contributed by atoms with Crippen molar-refractivity contribution in [3.63, 3.8) is 0 Å². The monoisotopic (exact) mass is 270 g/mol. The van der Waals surface area contributed by atoms with Crippen molar-refractivity contribution < 1.29 is 9.53 Å². The van der Waals surface area contributed by atoms with Gasteiger partial charge in [0.05, 0.1) is 7.11 Å². The number of methoxy groups -OCH3 is 1. The van der Waals surface area contributed by atoms with Crippen molar-refractivity contribution >= 4 is 11.7 Å². The molecular formula is C16H18N2O2. The molecule has 0 saturated heterocycles. The summed E-state index contributed by atoms with van der Waals surface area (Å²) in [4.78, 5) is 11.8. The summed E-state index contributed by atoms with van der Waals surface area (Å²) in [6, 6.07) is 15.0. The zero-order valence-electron chi connectivity index (χ0n) is 11.6. The van der Waals surface area contributed by atoms with Crippen molar-refractivity contribution in [1.29, 1.82) is 0 Å². The molecule has 2 rings (SSSR count). The number of amides is 2. The van der Waals surface area contributed by atoms with E-state index in [2.05, 4.69) is 10.6 Å². The van der Waals surface area contributed by atoms with Crippen LogP contribution in [0.1, 0.15) is 11.1 Å². The van der Waals surface area contributed by atoms with Gasteiger partial charge < -0.3 is 15.4 Å². The number of anilines is 1. The molecule has 0 heterocycles. The van der Waals surface area contributed by atoms with Crippen molar-refractivity contribution in [2.24, 2.45) is 0 Å². The van der Waals surface area contributed by atoms with E-state index in [9.17, 15) is 4.79 Å². The number of urea groups is 1. The molecule has 2 amide bonds. The highest BCUT2D eigenvalue weighted by Crippen LogP contribution is 2.19. The van der Waals surface area contributed by atoms with Crippen LogP contribution in [0.3, 0.4) is 0 Å². The van der Waals surface area contributed by atoms with Crippen LogP contribution < -0.4 is 15.4 Å². The fourth-order valence-corrected chi connectivity index (χ4v) is 1.92. The van der Waals surface area contributed by atoms with E-state index in [0.717, 1.165) is 22.6 Å². The molecule has 0 atom stereocenters. The third-order valence-electron chi connectivity index (χ3n) is 2.91. The van der Waals surface area contributed by atoms with Crippen LogP contribution in [-0.2, 0) is 6.54 Å². The average molecular weight is 270 g/mol. The topological polar surface area (TPSA) is 50.4 Å². The Hall–Kier alpha value is -2.49. The summed E-state index contributed by atoms with van der Waals surface area (Å²) in [6.07, 6.45) is 0. The maximum Gasteiger partial charge on any atom is 0.319 e. The predicted molar refractivity (Wildman–Crippen MR) is 80.0 cm³/mol. The van der Waals surface area contributed by atoms with E-state index in [1.165, 1.54) is 0 Å². The number of hydrogen-bond acceptors (Lipinski definition) is 2. The second kappa shape index (κ2) is 6.61. The van der Waals surface area contributed by atoms with Gasteiger partial charge in [0, 0.05) is 17.8 Å². The molecule has 0 bridgehead atoms. The highest BCUT2D eigenvalue weighted by Gasteiger charge is 2.06. The molecule has 0 aliphatic heterocycles. The molecule has 0 fully saturated rings. The molecule has 4 nitrogen and oxygen atoms in total. The van der Waals surface area contributed by atoms with E-state index in [-0.39, 0.29) is 6.03 Å². The largest absolute Gasteiger partial charge is 0.496 e. The van der Waals surface area contributed by atoms with Crippen LogP contribution in [0.2, 0.25) is 0 Å². The van der Waals surface area contributed by atoms with Crippen molar-refractivity contribution in [3.8, 4) is 5.75 Å². The van der Waals surface area contributed by atoms with Gasteiger partial charge in [-0.25, -0.2) is 4.79 Å². The molecule has 0 saturated carbocycles. The van der Waals surface area contributed by atoms with Gasteiger partial charge in [-0.15, -0.1) is 0 Å². The molecule has 0 unspecified atom stereocenters. The van der Waals surface area contributed by atoms with Crippen molar-refractivity contribution in [3.05, 3.63) is 59.7 Å². The number of ether oxygens (including phenoxy) is 1. The average Bonchev–Trinajstić information content (AvgIpc) is 2.46. The number of hydrogen-bond donors (Lipinski definition) is 2. The first-order valence-electron chi connectivity index (χ1n) is 6.42. The smallest absolute Gasteiger partial charge is 0.319 e. The summed E-state index contributed by atoms with van der Waals surface area (Å²) < 4.78 is 5.28. The van der Waals surface area contributed by atoms with E-state index in [4.69, 9.17) is 4.74 Å². The lowest BCUT2D eigenvalue weighted by Crippen LogP contribution is -2.28. The summed E-state index contributed by atoms with van der Waals surface area (Å²) >= 11 is 0. The Labute approximate surface area is 118 Å².